The molecular formula is C17H16ClF3N6O. The minimum absolute atomic E-state index is 0.0574. The van der Waals surface area contributed by atoms with Gasteiger partial charge in [0.2, 0.25) is 11.9 Å². The maximum absolute atomic E-state index is 12.8. The molecule has 0 unspecified atom stereocenters. The number of benzene rings is 1. The van der Waals surface area contributed by atoms with Gasteiger partial charge in [-0.25, -0.2) is 9.67 Å². The molecule has 0 aliphatic rings. The summed E-state index contributed by atoms with van der Waals surface area (Å²) >= 11 is 5.69. The first-order valence-corrected chi connectivity index (χ1v) is 8.65. The molecule has 3 aromatic rings. The van der Waals surface area contributed by atoms with Gasteiger partial charge in [-0.1, -0.05) is 41.9 Å². The number of anilines is 1. The first-order chi connectivity index (χ1) is 13.2. The maximum atomic E-state index is 12.8. The molecule has 148 valence electrons. The monoisotopic (exact) mass is 412 g/mol. The van der Waals surface area contributed by atoms with Gasteiger partial charge in [-0.3, -0.25) is 14.8 Å². The van der Waals surface area contributed by atoms with Gasteiger partial charge in [-0.05, 0) is 12.5 Å². The number of carbonyl (C=O) groups is 1. The Labute approximate surface area is 163 Å². The van der Waals surface area contributed by atoms with Gasteiger partial charge < -0.3 is 0 Å². The summed E-state index contributed by atoms with van der Waals surface area (Å²) in [5, 5.41) is 9.65. The standard InChI is InChI=1S/C17H16ClF3N6O/c1-11-14(18)15(17(19,20)21)24-27(11)8-7-13(28)23-16-22-10-26(25-16)9-12-5-3-2-4-6-12/h2-6,10H,7-9H2,1H3,(H,23,25,28). The van der Waals surface area contributed by atoms with Crippen LogP contribution in [-0.4, -0.2) is 30.5 Å². The molecule has 0 spiro atoms. The zero-order chi connectivity index (χ0) is 20.3. The van der Waals surface area contributed by atoms with Crippen LogP contribution in [0.4, 0.5) is 19.1 Å². The summed E-state index contributed by atoms with van der Waals surface area (Å²) < 4.78 is 41.1. The van der Waals surface area contributed by atoms with Crippen LogP contribution in [0, 0.1) is 6.92 Å². The quantitative estimate of drug-likeness (QED) is 0.671. The van der Waals surface area contributed by atoms with E-state index in [2.05, 4.69) is 20.5 Å². The van der Waals surface area contributed by atoms with Crippen LogP contribution < -0.4 is 5.32 Å². The van der Waals surface area contributed by atoms with Crippen LogP contribution in [0.5, 0.6) is 0 Å². The number of nitrogens with one attached hydrogen (secondary N) is 1. The number of rotatable bonds is 6. The Morgan fingerprint density at radius 2 is 1.93 bits per heavy atom. The molecule has 0 atom stereocenters. The molecule has 3 rings (SSSR count). The van der Waals surface area contributed by atoms with E-state index in [9.17, 15) is 18.0 Å². The van der Waals surface area contributed by atoms with Crippen LogP contribution in [0.25, 0.3) is 0 Å². The molecule has 0 aliphatic carbocycles. The van der Waals surface area contributed by atoms with E-state index in [-0.39, 0.29) is 24.6 Å². The Bertz CT molecular complexity index is 967. The van der Waals surface area contributed by atoms with Gasteiger partial charge >= 0.3 is 6.18 Å². The lowest BCUT2D eigenvalue weighted by Gasteiger charge is -2.04. The van der Waals surface area contributed by atoms with E-state index in [1.165, 1.54) is 13.3 Å². The minimum Gasteiger partial charge on any atom is -0.293 e. The fourth-order valence-corrected chi connectivity index (χ4v) is 2.76. The average Bonchev–Trinajstić information content (AvgIpc) is 3.19. The van der Waals surface area contributed by atoms with Crippen LogP contribution in [0.3, 0.4) is 0 Å². The molecule has 1 amide bonds. The molecule has 1 aromatic carbocycles. The third-order valence-electron chi connectivity index (χ3n) is 3.93. The topological polar surface area (TPSA) is 77.6 Å². The van der Waals surface area contributed by atoms with Crippen LogP contribution in [0.15, 0.2) is 36.7 Å². The predicted octanol–water partition coefficient (Wildman–Crippen LogP) is 3.53. The second kappa shape index (κ2) is 8.01. The molecule has 7 nitrogen and oxygen atoms in total. The molecule has 0 radical (unpaired) electrons. The van der Waals surface area contributed by atoms with Gasteiger partial charge in [-0.2, -0.15) is 18.3 Å². The van der Waals surface area contributed by atoms with Gasteiger partial charge in [0.15, 0.2) is 5.69 Å². The third-order valence-corrected chi connectivity index (χ3v) is 4.38. The molecule has 0 aliphatic heterocycles. The van der Waals surface area contributed by atoms with E-state index >= 15 is 0 Å². The van der Waals surface area contributed by atoms with Crippen molar-refractivity contribution in [2.45, 2.75) is 32.6 Å². The summed E-state index contributed by atoms with van der Waals surface area (Å²) in [6, 6.07) is 9.59. The van der Waals surface area contributed by atoms with Crippen molar-refractivity contribution in [3.8, 4) is 0 Å². The van der Waals surface area contributed by atoms with Crippen LogP contribution in [0.1, 0.15) is 23.4 Å². The fourth-order valence-electron chi connectivity index (χ4n) is 2.52. The highest BCUT2D eigenvalue weighted by molar-refractivity contribution is 6.31. The summed E-state index contributed by atoms with van der Waals surface area (Å²) in [6.45, 7) is 1.85. The van der Waals surface area contributed by atoms with Crippen molar-refractivity contribution >= 4 is 23.5 Å². The summed E-state index contributed by atoms with van der Waals surface area (Å²) in [7, 11) is 0. The molecule has 1 N–H and O–H groups in total. The van der Waals surface area contributed by atoms with Gasteiger partial charge in [0, 0.05) is 6.42 Å². The van der Waals surface area contributed by atoms with Gasteiger partial charge in [0.25, 0.3) is 0 Å². The number of aryl methyl sites for hydroxylation is 1. The Morgan fingerprint density at radius 1 is 1.21 bits per heavy atom. The normalized spacial score (nSPS) is 11.6. The molecule has 28 heavy (non-hydrogen) atoms. The number of hydrogen-bond donors (Lipinski definition) is 1. The van der Waals surface area contributed by atoms with Crippen LogP contribution >= 0.6 is 11.6 Å². The van der Waals surface area contributed by atoms with E-state index < -0.39 is 22.8 Å². The van der Waals surface area contributed by atoms with E-state index in [0.29, 0.717) is 6.54 Å². The van der Waals surface area contributed by atoms with Crippen molar-refractivity contribution in [2.24, 2.45) is 0 Å². The Hall–Kier alpha value is -2.88. The predicted molar refractivity (Wildman–Crippen MR) is 95.8 cm³/mol. The molecule has 0 saturated heterocycles. The van der Waals surface area contributed by atoms with Crippen molar-refractivity contribution in [3.05, 3.63) is 58.6 Å². The SMILES string of the molecule is Cc1c(Cl)c(C(F)(F)F)nn1CCC(=O)Nc1ncn(Cc2ccccc2)n1. The Morgan fingerprint density at radius 3 is 2.57 bits per heavy atom. The summed E-state index contributed by atoms with van der Waals surface area (Å²) in [5.74, 6) is -0.329. The molecule has 11 heteroatoms. The van der Waals surface area contributed by atoms with Crippen molar-refractivity contribution in [1.82, 2.24) is 24.5 Å². The second-order valence-electron chi connectivity index (χ2n) is 6.02. The van der Waals surface area contributed by atoms with Gasteiger partial charge in [0.1, 0.15) is 6.33 Å². The smallest absolute Gasteiger partial charge is 0.293 e. The Balaban J connectivity index is 1.57. The average molecular weight is 413 g/mol. The zero-order valence-corrected chi connectivity index (χ0v) is 15.5. The first kappa shape index (κ1) is 19.9. The number of alkyl halides is 3. The number of hydrogen-bond acceptors (Lipinski definition) is 4. The van der Waals surface area contributed by atoms with Crippen molar-refractivity contribution in [3.63, 3.8) is 0 Å². The molecule has 2 heterocycles. The van der Waals surface area contributed by atoms with E-state index in [1.54, 1.807) is 4.68 Å². The number of amides is 1. The fraction of sp³-hybridized carbons (Fsp3) is 0.294. The van der Waals surface area contributed by atoms with Crippen LogP contribution in [-0.2, 0) is 24.1 Å². The Kier molecular flexibility index (Phi) is 5.68. The summed E-state index contributed by atoms with van der Waals surface area (Å²) in [4.78, 5) is 16.1. The first-order valence-electron chi connectivity index (χ1n) is 8.27. The van der Waals surface area contributed by atoms with Gasteiger partial charge in [0.05, 0.1) is 23.8 Å². The van der Waals surface area contributed by atoms with E-state index in [4.69, 9.17) is 11.6 Å². The molecular weight excluding hydrogens is 397 g/mol. The van der Waals surface area contributed by atoms with E-state index in [1.807, 2.05) is 30.3 Å². The van der Waals surface area contributed by atoms with Crippen molar-refractivity contribution in [2.75, 3.05) is 5.32 Å². The third kappa shape index (κ3) is 4.69. The number of carbonyl (C=O) groups excluding carboxylic acids is 1. The van der Waals surface area contributed by atoms with Crippen LogP contribution in [0.2, 0.25) is 5.02 Å². The number of nitrogens with zero attached hydrogens (tertiary/aromatic N) is 5. The number of aromatic nitrogens is 5. The lowest BCUT2D eigenvalue weighted by molar-refractivity contribution is -0.141. The summed E-state index contributed by atoms with van der Waals surface area (Å²) in [5.41, 5.74) is 0.0113. The highest BCUT2D eigenvalue weighted by Crippen LogP contribution is 2.35. The van der Waals surface area contributed by atoms with Crippen molar-refractivity contribution < 1.29 is 18.0 Å². The highest BCUT2D eigenvalue weighted by atomic mass is 35.5. The molecule has 0 fully saturated rings. The molecule has 2 aromatic heterocycles. The highest BCUT2D eigenvalue weighted by Gasteiger charge is 2.38. The molecule has 0 bridgehead atoms. The second-order valence-corrected chi connectivity index (χ2v) is 6.40. The largest absolute Gasteiger partial charge is 0.436 e. The number of halogens is 4. The maximum Gasteiger partial charge on any atom is 0.436 e. The summed E-state index contributed by atoms with van der Waals surface area (Å²) in [6.07, 6.45) is -3.27. The lowest BCUT2D eigenvalue weighted by atomic mass is 10.2. The lowest BCUT2D eigenvalue weighted by Crippen LogP contribution is -2.17. The van der Waals surface area contributed by atoms with Gasteiger partial charge in [-0.15, -0.1) is 5.10 Å². The minimum atomic E-state index is -4.65. The molecule has 0 saturated carbocycles. The zero-order valence-electron chi connectivity index (χ0n) is 14.7. The van der Waals surface area contributed by atoms with Crippen molar-refractivity contribution in [1.29, 1.82) is 0 Å². The van der Waals surface area contributed by atoms with E-state index in [0.717, 1.165) is 10.2 Å².